The third-order valence-electron chi connectivity index (χ3n) is 2.78. The molecule has 0 unspecified atom stereocenters. The standard InChI is InChI=1S/C15H13F3N2O2S2/c1-24(22,13-5-3-2-4-6-13)20-14(21)19-11-7-9-12(10-8-11)23-15(16,17)18/h2-10H,1H3,(H,19,21)/t24-/m1/s1. The molecule has 0 heterocycles. The van der Waals surface area contributed by atoms with Crippen LogP contribution in [0, 0.1) is 0 Å². The van der Waals surface area contributed by atoms with Crippen LogP contribution in [-0.2, 0) is 9.73 Å². The number of alkyl halides is 3. The molecule has 2 aromatic rings. The maximum absolute atomic E-state index is 12.4. The Morgan fingerprint density at radius 3 is 2.21 bits per heavy atom. The molecule has 0 saturated carbocycles. The smallest absolute Gasteiger partial charge is 0.306 e. The van der Waals surface area contributed by atoms with Gasteiger partial charge in [0.15, 0.2) is 0 Å². The van der Waals surface area contributed by atoms with Gasteiger partial charge >= 0.3 is 11.5 Å². The number of nitrogens with zero attached hydrogens (tertiary/aromatic N) is 1. The lowest BCUT2D eigenvalue weighted by atomic mass is 10.3. The third-order valence-corrected chi connectivity index (χ3v) is 5.18. The number of anilines is 1. The first kappa shape index (κ1) is 18.3. The zero-order valence-corrected chi connectivity index (χ0v) is 14.0. The number of hydrogen-bond donors (Lipinski definition) is 1. The quantitative estimate of drug-likeness (QED) is 0.770. The van der Waals surface area contributed by atoms with Gasteiger partial charge in [0.1, 0.15) is 0 Å². The van der Waals surface area contributed by atoms with Crippen LogP contribution in [0.4, 0.5) is 23.7 Å². The number of thioether (sulfide) groups is 1. The van der Waals surface area contributed by atoms with Crippen molar-refractivity contribution in [1.29, 1.82) is 0 Å². The molecule has 0 aliphatic carbocycles. The van der Waals surface area contributed by atoms with Crippen LogP contribution in [0.3, 0.4) is 0 Å². The summed E-state index contributed by atoms with van der Waals surface area (Å²) >= 11 is -0.246. The minimum atomic E-state index is -4.37. The Kier molecular flexibility index (Phi) is 5.55. The van der Waals surface area contributed by atoms with Crippen molar-refractivity contribution in [3.05, 3.63) is 54.6 Å². The fourth-order valence-corrected chi connectivity index (χ4v) is 3.44. The van der Waals surface area contributed by atoms with Gasteiger partial charge in [-0.25, -0.2) is 9.00 Å². The van der Waals surface area contributed by atoms with E-state index in [0.717, 1.165) is 0 Å². The Balaban J connectivity index is 2.10. The second-order valence-corrected chi connectivity index (χ2v) is 8.11. The molecule has 9 heteroatoms. The van der Waals surface area contributed by atoms with Crippen LogP contribution < -0.4 is 5.32 Å². The zero-order chi connectivity index (χ0) is 17.8. The third kappa shape index (κ3) is 5.57. The van der Waals surface area contributed by atoms with Crippen LogP contribution in [0.15, 0.2) is 68.8 Å². The van der Waals surface area contributed by atoms with Crippen molar-refractivity contribution < 1.29 is 22.2 Å². The first-order valence-corrected chi connectivity index (χ1v) is 9.34. The van der Waals surface area contributed by atoms with Gasteiger partial charge in [-0.3, -0.25) is 0 Å². The number of halogens is 3. The Morgan fingerprint density at radius 2 is 1.67 bits per heavy atom. The Labute approximate surface area is 141 Å². The van der Waals surface area contributed by atoms with Gasteiger partial charge in [-0.15, -0.1) is 4.36 Å². The van der Waals surface area contributed by atoms with Crippen LogP contribution in [-0.4, -0.2) is 22.0 Å². The lowest BCUT2D eigenvalue weighted by Crippen LogP contribution is -2.10. The molecule has 0 saturated heterocycles. The van der Waals surface area contributed by atoms with E-state index >= 15 is 0 Å². The summed E-state index contributed by atoms with van der Waals surface area (Å²) in [6.45, 7) is 0. The summed E-state index contributed by atoms with van der Waals surface area (Å²) < 4.78 is 52.8. The first-order valence-electron chi connectivity index (χ1n) is 6.60. The van der Waals surface area contributed by atoms with Crippen molar-refractivity contribution in [2.45, 2.75) is 15.3 Å². The maximum atomic E-state index is 12.4. The second-order valence-electron chi connectivity index (χ2n) is 4.71. The highest BCUT2D eigenvalue weighted by molar-refractivity contribution is 8.00. The highest BCUT2D eigenvalue weighted by atomic mass is 32.2. The zero-order valence-electron chi connectivity index (χ0n) is 12.4. The molecule has 2 aromatic carbocycles. The van der Waals surface area contributed by atoms with Gasteiger partial charge in [0, 0.05) is 21.7 Å². The first-order chi connectivity index (χ1) is 11.2. The fraction of sp³-hybridized carbons (Fsp3) is 0.133. The molecule has 128 valence electrons. The normalized spacial score (nSPS) is 13.8. The SMILES string of the molecule is C[S@](=O)(=NC(=O)Nc1ccc(SC(F)(F)F)cc1)c1ccccc1. The highest BCUT2D eigenvalue weighted by Crippen LogP contribution is 2.37. The van der Waals surface area contributed by atoms with Gasteiger partial charge < -0.3 is 5.32 Å². The number of rotatable bonds is 3. The van der Waals surface area contributed by atoms with Crippen molar-refractivity contribution in [1.82, 2.24) is 0 Å². The number of carbonyl (C=O) groups excluding carboxylic acids is 1. The molecule has 2 rings (SSSR count). The van der Waals surface area contributed by atoms with E-state index < -0.39 is 21.3 Å². The number of urea groups is 1. The van der Waals surface area contributed by atoms with Gasteiger partial charge in [-0.05, 0) is 48.2 Å². The summed E-state index contributed by atoms with van der Waals surface area (Å²) in [6, 6.07) is 12.6. The summed E-state index contributed by atoms with van der Waals surface area (Å²) in [5.41, 5.74) is -4.11. The molecule has 1 N–H and O–H groups in total. The number of carbonyl (C=O) groups is 1. The minimum Gasteiger partial charge on any atom is -0.306 e. The monoisotopic (exact) mass is 374 g/mol. The van der Waals surface area contributed by atoms with Crippen molar-refractivity contribution in [2.24, 2.45) is 4.36 Å². The molecule has 0 bridgehead atoms. The average molecular weight is 374 g/mol. The second kappa shape index (κ2) is 7.27. The summed E-state index contributed by atoms with van der Waals surface area (Å²) in [5, 5.41) is 2.38. The molecule has 1 atom stereocenters. The van der Waals surface area contributed by atoms with E-state index in [1.807, 2.05) is 0 Å². The van der Waals surface area contributed by atoms with Crippen LogP contribution >= 0.6 is 11.8 Å². The van der Waals surface area contributed by atoms with E-state index in [1.165, 1.54) is 30.5 Å². The van der Waals surface area contributed by atoms with E-state index in [0.29, 0.717) is 4.90 Å². The lowest BCUT2D eigenvalue weighted by Gasteiger charge is -2.07. The van der Waals surface area contributed by atoms with E-state index in [9.17, 15) is 22.2 Å². The van der Waals surface area contributed by atoms with Gasteiger partial charge in [0.05, 0.1) is 9.73 Å². The van der Waals surface area contributed by atoms with E-state index in [-0.39, 0.29) is 22.3 Å². The Hall–Kier alpha value is -2.00. The molecule has 24 heavy (non-hydrogen) atoms. The van der Waals surface area contributed by atoms with Crippen LogP contribution in [0.2, 0.25) is 0 Å². The summed E-state index contributed by atoms with van der Waals surface area (Å²) in [6.07, 6.45) is 1.34. The number of hydrogen-bond acceptors (Lipinski definition) is 3. The molecule has 0 fully saturated rings. The van der Waals surface area contributed by atoms with Gasteiger partial charge in [-0.2, -0.15) is 13.2 Å². The fourth-order valence-electron chi connectivity index (χ4n) is 1.77. The molecule has 0 aliphatic rings. The molecule has 0 spiro atoms. The Bertz CT molecular complexity index is 828. The van der Waals surface area contributed by atoms with E-state index in [4.69, 9.17) is 0 Å². The number of amides is 2. The van der Waals surface area contributed by atoms with Gasteiger partial charge in [0.2, 0.25) is 0 Å². The highest BCUT2D eigenvalue weighted by Gasteiger charge is 2.29. The van der Waals surface area contributed by atoms with Crippen molar-refractivity contribution in [3.63, 3.8) is 0 Å². The number of nitrogens with one attached hydrogen (secondary N) is 1. The van der Waals surface area contributed by atoms with E-state index in [1.54, 1.807) is 30.3 Å². The minimum absolute atomic E-state index is 0.000937. The maximum Gasteiger partial charge on any atom is 0.446 e. The van der Waals surface area contributed by atoms with Crippen molar-refractivity contribution in [2.75, 3.05) is 11.6 Å². The van der Waals surface area contributed by atoms with Crippen LogP contribution in [0.5, 0.6) is 0 Å². The van der Waals surface area contributed by atoms with Crippen LogP contribution in [0.25, 0.3) is 0 Å². The topological polar surface area (TPSA) is 58.5 Å². The molecular formula is C15H13F3N2O2S2. The van der Waals surface area contributed by atoms with Crippen LogP contribution in [0.1, 0.15) is 0 Å². The summed E-state index contributed by atoms with van der Waals surface area (Å²) in [7, 11) is -2.90. The van der Waals surface area contributed by atoms with Crippen molar-refractivity contribution in [3.8, 4) is 0 Å². The lowest BCUT2D eigenvalue weighted by molar-refractivity contribution is -0.0328. The Morgan fingerprint density at radius 1 is 1.08 bits per heavy atom. The molecule has 0 radical (unpaired) electrons. The largest absolute Gasteiger partial charge is 0.446 e. The predicted molar refractivity (Wildman–Crippen MR) is 88.6 cm³/mol. The molecule has 4 nitrogen and oxygen atoms in total. The van der Waals surface area contributed by atoms with Crippen molar-refractivity contribution >= 4 is 33.2 Å². The molecule has 0 aliphatic heterocycles. The molecule has 0 aromatic heterocycles. The molecular weight excluding hydrogens is 361 g/mol. The predicted octanol–water partition coefficient (Wildman–Crippen LogP) is 4.99. The average Bonchev–Trinajstić information content (AvgIpc) is 2.48. The summed E-state index contributed by atoms with van der Waals surface area (Å²) in [4.78, 5) is 12.3. The van der Waals surface area contributed by atoms with Gasteiger partial charge in [0.25, 0.3) is 0 Å². The number of benzene rings is 2. The van der Waals surface area contributed by atoms with Gasteiger partial charge in [-0.1, -0.05) is 18.2 Å². The van der Waals surface area contributed by atoms with E-state index in [2.05, 4.69) is 9.68 Å². The summed E-state index contributed by atoms with van der Waals surface area (Å²) in [5.74, 6) is 0. The molecule has 2 amide bonds.